The fraction of sp³-hybridized carbons (Fsp3) is 0.600. The molecule has 29 heavy (non-hydrogen) atoms. The molecule has 3 aromatic rings. The van der Waals surface area contributed by atoms with Crippen LogP contribution in [0.15, 0.2) is 30.0 Å². The zero-order chi connectivity index (χ0) is 20.0. The van der Waals surface area contributed by atoms with Crippen LogP contribution in [0.2, 0.25) is 0 Å². The van der Waals surface area contributed by atoms with Crippen LogP contribution in [0.1, 0.15) is 38.8 Å². The highest BCUT2D eigenvalue weighted by molar-refractivity contribution is 7.13. The second-order valence-electron chi connectivity index (χ2n) is 8.40. The van der Waals surface area contributed by atoms with E-state index in [2.05, 4.69) is 56.8 Å². The molecule has 2 fully saturated rings. The van der Waals surface area contributed by atoms with Crippen LogP contribution in [-0.4, -0.2) is 56.1 Å². The van der Waals surface area contributed by atoms with Gasteiger partial charge in [0.15, 0.2) is 0 Å². The summed E-state index contributed by atoms with van der Waals surface area (Å²) in [7, 11) is 1.82. The van der Waals surface area contributed by atoms with E-state index in [1.54, 1.807) is 17.7 Å². The van der Waals surface area contributed by atoms with E-state index in [1.807, 2.05) is 22.5 Å². The fourth-order valence-corrected chi connectivity index (χ4v) is 5.57. The van der Waals surface area contributed by atoms with Gasteiger partial charge in [0.25, 0.3) is 0 Å². The largest absolute Gasteiger partial charge is 0.379 e. The Hall–Kier alpha value is -2.26. The van der Waals surface area contributed by atoms with Crippen LogP contribution >= 0.6 is 11.3 Å². The Kier molecular flexibility index (Phi) is 4.87. The maximum absolute atomic E-state index is 5.92. The lowest BCUT2D eigenvalue weighted by atomic mass is 9.77. The summed E-state index contributed by atoms with van der Waals surface area (Å²) in [6.45, 7) is 6.32. The van der Waals surface area contributed by atoms with Gasteiger partial charge in [-0.05, 0) is 50.0 Å². The van der Waals surface area contributed by atoms with E-state index in [0.717, 1.165) is 42.5 Å². The molecule has 0 N–H and O–H groups in total. The maximum atomic E-state index is 5.92. The van der Waals surface area contributed by atoms with Crippen molar-refractivity contribution in [1.29, 1.82) is 0 Å². The minimum absolute atomic E-state index is 0.150. The van der Waals surface area contributed by atoms with Crippen LogP contribution in [0, 0.1) is 11.8 Å². The molecule has 0 unspecified atom stereocenters. The molecule has 1 saturated carbocycles. The van der Waals surface area contributed by atoms with Gasteiger partial charge in [0.05, 0.1) is 29.3 Å². The van der Waals surface area contributed by atoms with Crippen molar-refractivity contribution in [2.75, 3.05) is 25.1 Å². The molecule has 0 bridgehead atoms. The SMILES string of the molecule is CO[C@@H]1C[C@H]2CN(c3ncnn3C(C)C)C[C@H]2C[C@H]1n1cc(-c2cccs2)nn1. The molecule has 0 radical (unpaired) electrons. The highest BCUT2D eigenvalue weighted by atomic mass is 32.1. The van der Waals surface area contributed by atoms with Gasteiger partial charge in [-0.25, -0.2) is 9.36 Å². The van der Waals surface area contributed by atoms with Crippen LogP contribution in [0.3, 0.4) is 0 Å². The van der Waals surface area contributed by atoms with E-state index in [4.69, 9.17) is 4.74 Å². The number of aromatic nitrogens is 6. The normalized spacial score (nSPS) is 27.0. The second-order valence-corrected chi connectivity index (χ2v) is 9.35. The van der Waals surface area contributed by atoms with Gasteiger partial charge in [-0.2, -0.15) is 10.1 Å². The molecule has 0 amide bonds. The summed E-state index contributed by atoms with van der Waals surface area (Å²) in [5, 5.41) is 15.4. The number of anilines is 1. The Morgan fingerprint density at radius 1 is 1.21 bits per heavy atom. The lowest BCUT2D eigenvalue weighted by molar-refractivity contribution is -0.00541. The summed E-state index contributed by atoms with van der Waals surface area (Å²) < 4.78 is 9.96. The first-order valence-electron chi connectivity index (χ1n) is 10.3. The predicted molar refractivity (Wildman–Crippen MR) is 112 cm³/mol. The topological polar surface area (TPSA) is 73.9 Å². The van der Waals surface area contributed by atoms with Gasteiger partial charge < -0.3 is 9.64 Å². The predicted octanol–water partition coefficient (Wildman–Crippen LogP) is 3.28. The minimum atomic E-state index is 0.150. The fourth-order valence-electron chi connectivity index (χ4n) is 4.90. The maximum Gasteiger partial charge on any atom is 0.224 e. The van der Waals surface area contributed by atoms with Crippen molar-refractivity contribution in [3.05, 3.63) is 30.0 Å². The number of ether oxygens (including phenoxy) is 1. The van der Waals surface area contributed by atoms with E-state index >= 15 is 0 Å². The minimum Gasteiger partial charge on any atom is -0.379 e. The lowest BCUT2D eigenvalue weighted by Crippen LogP contribution is -2.37. The molecule has 1 aliphatic carbocycles. The number of hydrogen-bond acceptors (Lipinski definition) is 7. The number of thiophene rings is 1. The molecule has 9 heteroatoms. The zero-order valence-electron chi connectivity index (χ0n) is 17.0. The van der Waals surface area contributed by atoms with Crippen molar-refractivity contribution < 1.29 is 4.74 Å². The van der Waals surface area contributed by atoms with E-state index < -0.39 is 0 Å². The number of fused-ring (bicyclic) bond motifs is 1. The summed E-state index contributed by atoms with van der Waals surface area (Å²) in [6.07, 6.45) is 5.97. The number of rotatable bonds is 5. The molecular weight excluding hydrogens is 386 g/mol. The van der Waals surface area contributed by atoms with Gasteiger partial charge in [-0.3, -0.25) is 0 Å². The molecule has 1 aliphatic heterocycles. The zero-order valence-corrected chi connectivity index (χ0v) is 17.9. The van der Waals surface area contributed by atoms with Gasteiger partial charge in [0.1, 0.15) is 12.0 Å². The van der Waals surface area contributed by atoms with Gasteiger partial charge in [0, 0.05) is 20.2 Å². The average molecular weight is 414 g/mol. The van der Waals surface area contributed by atoms with E-state index in [-0.39, 0.29) is 12.1 Å². The molecule has 0 spiro atoms. The number of hydrogen-bond donors (Lipinski definition) is 0. The smallest absolute Gasteiger partial charge is 0.224 e. The highest BCUT2D eigenvalue weighted by Crippen LogP contribution is 2.43. The molecule has 8 nitrogen and oxygen atoms in total. The van der Waals surface area contributed by atoms with Gasteiger partial charge >= 0.3 is 0 Å². The van der Waals surface area contributed by atoms with Crippen molar-refractivity contribution in [3.8, 4) is 10.6 Å². The van der Waals surface area contributed by atoms with Crippen LogP contribution in [0.25, 0.3) is 10.6 Å². The summed E-state index contributed by atoms with van der Waals surface area (Å²) in [5.74, 6) is 2.19. The monoisotopic (exact) mass is 413 g/mol. The Bertz CT molecular complexity index is 950. The first kappa shape index (κ1) is 18.7. The number of methoxy groups -OCH3 is 1. The molecule has 2 aliphatic rings. The standard InChI is InChI=1S/C20H27N7OS/c1-13(2)27-20(21-12-22-27)25-9-14-7-17(18(28-3)8-15(14)10-25)26-11-16(23-24-26)19-5-4-6-29-19/h4-6,11-15,17-18H,7-10H2,1-3H3/t14-,15+,17-,18-/m1/s1. The molecule has 4 atom stereocenters. The van der Waals surface area contributed by atoms with Gasteiger partial charge in [-0.15, -0.1) is 16.4 Å². The Morgan fingerprint density at radius 2 is 2.03 bits per heavy atom. The Morgan fingerprint density at radius 3 is 2.76 bits per heavy atom. The summed E-state index contributed by atoms with van der Waals surface area (Å²) in [4.78, 5) is 8.10. The van der Waals surface area contributed by atoms with E-state index in [9.17, 15) is 0 Å². The first-order chi connectivity index (χ1) is 14.1. The Balaban J connectivity index is 1.36. The van der Waals surface area contributed by atoms with Gasteiger partial charge in [-0.1, -0.05) is 11.3 Å². The quantitative estimate of drug-likeness (QED) is 0.639. The molecular formula is C20H27N7OS. The van der Waals surface area contributed by atoms with E-state index in [0.29, 0.717) is 17.9 Å². The second kappa shape index (κ2) is 7.53. The molecule has 4 heterocycles. The van der Waals surface area contributed by atoms with Crippen molar-refractivity contribution >= 4 is 17.3 Å². The molecule has 0 aromatic carbocycles. The lowest BCUT2D eigenvalue weighted by Gasteiger charge is -2.36. The van der Waals surface area contributed by atoms with Crippen LogP contribution < -0.4 is 4.90 Å². The van der Waals surface area contributed by atoms with Gasteiger partial charge in [0.2, 0.25) is 5.95 Å². The third kappa shape index (κ3) is 3.36. The van der Waals surface area contributed by atoms with Crippen LogP contribution in [0.5, 0.6) is 0 Å². The first-order valence-corrected chi connectivity index (χ1v) is 11.1. The van der Waals surface area contributed by atoms with Crippen molar-refractivity contribution in [1.82, 2.24) is 29.8 Å². The van der Waals surface area contributed by atoms with Crippen molar-refractivity contribution in [2.45, 2.75) is 44.9 Å². The average Bonchev–Trinajstić information content (AvgIpc) is 3.51. The molecule has 154 valence electrons. The van der Waals surface area contributed by atoms with Crippen LogP contribution in [-0.2, 0) is 4.74 Å². The molecule has 1 saturated heterocycles. The van der Waals surface area contributed by atoms with Crippen molar-refractivity contribution in [2.24, 2.45) is 11.8 Å². The molecule has 5 rings (SSSR count). The Labute approximate surface area is 174 Å². The third-order valence-corrected chi connectivity index (χ3v) is 7.23. The summed E-state index contributed by atoms with van der Waals surface area (Å²) >= 11 is 1.69. The molecule has 3 aromatic heterocycles. The summed E-state index contributed by atoms with van der Waals surface area (Å²) in [6, 6.07) is 4.65. The highest BCUT2D eigenvalue weighted by Gasteiger charge is 2.44. The third-order valence-electron chi connectivity index (χ3n) is 6.34. The summed E-state index contributed by atoms with van der Waals surface area (Å²) in [5.41, 5.74) is 0.940. The van der Waals surface area contributed by atoms with Crippen molar-refractivity contribution in [3.63, 3.8) is 0 Å². The van der Waals surface area contributed by atoms with E-state index in [1.165, 1.54) is 0 Å². The number of nitrogens with zero attached hydrogens (tertiary/aromatic N) is 7. The van der Waals surface area contributed by atoms with Crippen LogP contribution in [0.4, 0.5) is 5.95 Å².